The van der Waals surface area contributed by atoms with Crippen LogP contribution in [0.4, 0.5) is 5.69 Å². The van der Waals surface area contributed by atoms with Gasteiger partial charge in [0.05, 0.1) is 12.7 Å². The van der Waals surface area contributed by atoms with Crippen molar-refractivity contribution in [3.63, 3.8) is 0 Å². The van der Waals surface area contributed by atoms with Gasteiger partial charge in [-0.1, -0.05) is 11.6 Å². The fraction of sp³-hybridized carbons (Fsp3) is 0.333. The van der Waals surface area contributed by atoms with Crippen LogP contribution in [0.3, 0.4) is 0 Å². The predicted octanol–water partition coefficient (Wildman–Crippen LogP) is 3.57. The van der Waals surface area contributed by atoms with Crippen LogP contribution >= 0.6 is 11.6 Å². The van der Waals surface area contributed by atoms with Crippen molar-refractivity contribution in [1.82, 2.24) is 4.98 Å². The number of methoxy groups -OCH3 is 1. The maximum absolute atomic E-state index is 11.5. The molecule has 1 saturated heterocycles. The van der Waals surface area contributed by atoms with Gasteiger partial charge >= 0.3 is 5.97 Å². The van der Waals surface area contributed by atoms with Crippen molar-refractivity contribution in [3.05, 3.63) is 53.2 Å². The number of benzene rings is 1. The maximum atomic E-state index is 11.5. The lowest BCUT2D eigenvalue weighted by atomic mass is 10.1. The molecule has 126 valence electrons. The van der Waals surface area contributed by atoms with Gasteiger partial charge in [0.15, 0.2) is 0 Å². The highest BCUT2D eigenvalue weighted by Gasteiger charge is 2.22. The lowest BCUT2D eigenvalue weighted by molar-refractivity contribution is 0.0601. The van der Waals surface area contributed by atoms with Gasteiger partial charge in [-0.2, -0.15) is 0 Å². The SMILES string of the molecule is COC(=O)c1ccc(N2CCC(Oc3ncccc3Cl)CC2)cc1. The van der Waals surface area contributed by atoms with Crippen LogP contribution in [0.5, 0.6) is 5.88 Å². The Morgan fingerprint density at radius 1 is 1.21 bits per heavy atom. The molecule has 1 aromatic heterocycles. The van der Waals surface area contributed by atoms with Crippen molar-refractivity contribution < 1.29 is 14.3 Å². The third-order valence-corrected chi connectivity index (χ3v) is 4.39. The first-order valence-corrected chi connectivity index (χ1v) is 8.25. The molecule has 1 aliphatic heterocycles. The van der Waals surface area contributed by atoms with Crippen molar-refractivity contribution in [2.45, 2.75) is 18.9 Å². The number of hydrogen-bond donors (Lipinski definition) is 0. The number of hydrogen-bond acceptors (Lipinski definition) is 5. The van der Waals surface area contributed by atoms with Crippen LogP contribution < -0.4 is 9.64 Å². The summed E-state index contributed by atoms with van der Waals surface area (Å²) in [6.45, 7) is 1.76. The molecule has 0 aliphatic carbocycles. The van der Waals surface area contributed by atoms with E-state index < -0.39 is 0 Å². The van der Waals surface area contributed by atoms with E-state index in [9.17, 15) is 4.79 Å². The van der Waals surface area contributed by atoms with Gasteiger partial charge in [-0.3, -0.25) is 0 Å². The van der Waals surface area contributed by atoms with Crippen LogP contribution in [-0.4, -0.2) is 37.3 Å². The molecule has 3 rings (SSSR count). The molecule has 0 radical (unpaired) electrons. The number of rotatable bonds is 4. The van der Waals surface area contributed by atoms with Gasteiger partial charge < -0.3 is 14.4 Å². The van der Waals surface area contributed by atoms with Gasteiger partial charge in [0, 0.05) is 37.8 Å². The fourth-order valence-corrected chi connectivity index (χ4v) is 2.94. The average Bonchev–Trinajstić information content (AvgIpc) is 2.64. The van der Waals surface area contributed by atoms with Crippen LogP contribution in [0.25, 0.3) is 0 Å². The number of pyridine rings is 1. The molecule has 1 aliphatic rings. The second-order valence-corrected chi connectivity index (χ2v) is 6.04. The molecule has 0 unspecified atom stereocenters. The molecule has 0 amide bonds. The van der Waals surface area contributed by atoms with Crippen molar-refractivity contribution in [2.24, 2.45) is 0 Å². The third kappa shape index (κ3) is 3.79. The summed E-state index contributed by atoms with van der Waals surface area (Å²) in [6.07, 6.45) is 3.58. The van der Waals surface area contributed by atoms with E-state index in [1.807, 2.05) is 12.1 Å². The molecule has 1 aromatic carbocycles. The number of nitrogens with zero attached hydrogens (tertiary/aromatic N) is 2. The summed E-state index contributed by atoms with van der Waals surface area (Å²) in [7, 11) is 1.38. The molecule has 2 aromatic rings. The van der Waals surface area contributed by atoms with Crippen molar-refractivity contribution in [2.75, 3.05) is 25.1 Å². The van der Waals surface area contributed by atoms with E-state index in [1.54, 1.807) is 30.5 Å². The van der Waals surface area contributed by atoms with Gasteiger partial charge in [0.1, 0.15) is 11.1 Å². The smallest absolute Gasteiger partial charge is 0.337 e. The second-order valence-electron chi connectivity index (χ2n) is 5.63. The number of carbonyl (C=O) groups excluding carboxylic acids is 1. The topological polar surface area (TPSA) is 51.7 Å². The summed E-state index contributed by atoms with van der Waals surface area (Å²) in [5.41, 5.74) is 1.65. The lowest BCUT2D eigenvalue weighted by Gasteiger charge is -2.33. The molecule has 0 atom stereocenters. The molecular formula is C18H19ClN2O3. The van der Waals surface area contributed by atoms with Gasteiger partial charge in [-0.15, -0.1) is 0 Å². The number of halogens is 1. The third-order valence-electron chi connectivity index (χ3n) is 4.10. The zero-order valence-electron chi connectivity index (χ0n) is 13.4. The largest absolute Gasteiger partial charge is 0.473 e. The summed E-state index contributed by atoms with van der Waals surface area (Å²) in [4.78, 5) is 17.9. The summed E-state index contributed by atoms with van der Waals surface area (Å²) in [5, 5.41) is 0.540. The van der Waals surface area contributed by atoms with Crippen LogP contribution in [0.15, 0.2) is 42.6 Å². The lowest BCUT2D eigenvalue weighted by Crippen LogP contribution is -2.38. The summed E-state index contributed by atoms with van der Waals surface area (Å²) in [6, 6.07) is 11.0. The van der Waals surface area contributed by atoms with Gasteiger partial charge in [-0.05, 0) is 36.4 Å². The number of aromatic nitrogens is 1. The normalized spacial score (nSPS) is 15.2. The molecule has 0 N–H and O–H groups in total. The second kappa shape index (κ2) is 7.53. The van der Waals surface area contributed by atoms with Gasteiger partial charge in [0.25, 0.3) is 0 Å². The highest BCUT2D eigenvalue weighted by atomic mass is 35.5. The quantitative estimate of drug-likeness (QED) is 0.792. The molecule has 0 bridgehead atoms. The first-order valence-electron chi connectivity index (χ1n) is 7.88. The first kappa shape index (κ1) is 16.6. The molecule has 24 heavy (non-hydrogen) atoms. The van der Waals surface area contributed by atoms with E-state index in [4.69, 9.17) is 21.1 Å². The first-order chi connectivity index (χ1) is 11.7. The predicted molar refractivity (Wildman–Crippen MR) is 92.9 cm³/mol. The number of piperidine rings is 1. The zero-order chi connectivity index (χ0) is 16.9. The highest BCUT2D eigenvalue weighted by Crippen LogP contribution is 2.26. The molecule has 0 saturated carbocycles. The molecule has 2 heterocycles. The van der Waals surface area contributed by atoms with Crippen molar-refractivity contribution >= 4 is 23.3 Å². The van der Waals surface area contributed by atoms with Gasteiger partial charge in [-0.25, -0.2) is 9.78 Å². The molecule has 6 heteroatoms. The number of esters is 1. The van der Waals surface area contributed by atoms with Crippen LogP contribution in [0.1, 0.15) is 23.2 Å². The summed E-state index contributed by atoms with van der Waals surface area (Å²) < 4.78 is 10.6. The van der Waals surface area contributed by atoms with E-state index in [0.29, 0.717) is 16.5 Å². The monoisotopic (exact) mass is 346 g/mol. The van der Waals surface area contributed by atoms with E-state index >= 15 is 0 Å². The van der Waals surface area contributed by atoms with E-state index in [0.717, 1.165) is 31.6 Å². The number of anilines is 1. The minimum absolute atomic E-state index is 0.114. The van der Waals surface area contributed by atoms with E-state index in [1.165, 1.54) is 7.11 Å². The molecule has 0 spiro atoms. The fourth-order valence-electron chi connectivity index (χ4n) is 2.77. The highest BCUT2D eigenvalue weighted by molar-refractivity contribution is 6.31. The Hall–Kier alpha value is -2.27. The number of carbonyl (C=O) groups is 1. The Bertz CT molecular complexity index is 698. The molecule has 1 fully saturated rings. The average molecular weight is 347 g/mol. The Morgan fingerprint density at radius 3 is 2.54 bits per heavy atom. The Kier molecular flexibility index (Phi) is 5.20. The Labute approximate surface area is 146 Å². The van der Waals surface area contributed by atoms with Crippen LogP contribution in [0.2, 0.25) is 5.02 Å². The zero-order valence-corrected chi connectivity index (χ0v) is 14.2. The summed E-state index contributed by atoms with van der Waals surface area (Å²) in [5.74, 6) is 0.181. The van der Waals surface area contributed by atoms with Gasteiger partial charge in [0.2, 0.25) is 5.88 Å². The Balaban J connectivity index is 1.57. The minimum Gasteiger partial charge on any atom is -0.473 e. The molecular weight excluding hydrogens is 328 g/mol. The standard InChI is InChI=1S/C18H19ClN2O3/c1-23-18(22)13-4-6-14(7-5-13)21-11-8-15(9-12-21)24-17-16(19)3-2-10-20-17/h2-7,10,15H,8-9,11-12H2,1H3. The van der Waals surface area contributed by atoms with Crippen molar-refractivity contribution in [1.29, 1.82) is 0 Å². The minimum atomic E-state index is -0.319. The summed E-state index contributed by atoms with van der Waals surface area (Å²) >= 11 is 6.08. The van der Waals surface area contributed by atoms with Crippen molar-refractivity contribution in [3.8, 4) is 5.88 Å². The molecule has 5 nitrogen and oxygen atoms in total. The van der Waals surface area contributed by atoms with E-state index in [2.05, 4.69) is 9.88 Å². The van der Waals surface area contributed by atoms with E-state index in [-0.39, 0.29) is 12.1 Å². The van der Waals surface area contributed by atoms with Crippen LogP contribution in [0, 0.1) is 0 Å². The maximum Gasteiger partial charge on any atom is 0.337 e. The van der Waals surface area contributed by atoms with Crippen LogP contribution in [-0.2, 0) is 4.74 Å². The Morgan fingerprint density at radius 2 is 1.92 bits per heavy atom. The number of ether oxygens (including phenoxy) is 2.